The molecular weight excluding hydrogens is 300 g/mol. The van der Waals surface area contributed by atoms with Gasteiger partial charge in [0.1, 0.15) is 0 Å². The Morgan fingerprint density at radius 3 is 2.35 bits per heavy atom. The summed E-state index contributed by atoms with van der Waals surface area (Å²) in [5, 5.41) is 4.30. The van der Waals surface area contributed by atoms with Gasteiger partial charge in [-0.1, -0.05) is 48.0 Å². The van der Waals surface area contributed by atoms with E-state index in [9.17, 15) is 0 Å². The Hall–Kier alpha value is -1.87. The van der Waals surface area contributed by atoms with Crippen LogP contribution in [-0.2, 0) is 0 Å². The van der Waals surface area contributed by atoms with Gasteiger partial charge in [-0.3, -0.25) is 0 Å². The average Bonchev–Trinajstić information content (AvgIpc) is 3.02. The Kier molecular flexibility index (Phi) is 4.67. The average molecular weight is 324 g/mol. The molecule has 1 N–H and O–H groups in total. The number of thiocarbonyl (C=S) groups is 1. The fourth-order valence-corrected chi connectivity index (χ4v) is 3.52. The topological polar surface area (TPSA) is 15.3 Å². The van der Waals surface area contributed by atoms with Crippen molar-refractivity contribution in [2.75, 3.05) is 18.4 Å². The second-order valence-electron chi connectivity index (χ2n) is 6.54. The van der Waals surface area contributed by atoms with E-state index >= 15 is 0 Å². The first-order chi connectivity index (χ1) is 11.0. The molecule has 23 heavy (non-hydrogen) atoms. The lowest BCUT2D eigenvalue weighted by atomic mass is 9.98. The molecule has 3 heteroatoms. The van der Waals surface area contributed by atoms with Crippen molar-refractivity contribution < 1.29 is 0 Å². The number of nitrogens with zero attached hydrogens (tertiary/aromatic N) is 1. The first kappa shape index (κ1) is 16.0. The molecule has 2 nitrogen and oxygen atoms in total. The molecule has 2 aromatic carbocycles. The van der Waals surface area contributed by atoms with Crippen molar-refractivity contribution in [3.05, 3.63) is 64.7 Å². The van der Waals surface area contributed by atoms with Crippen LogP contribution in [0.25, 0.3) is 0 Å². The summed E-state index contributed by atoms with van der Waals surface area (Å²) < 4.78 is 0. The number of rotatable bonds is 2. The summed E-state index contributed by atoms with van der Waals surface area (Å²) in [6.45, 7) is 8.40. The van der Waals surface area contributed by atoms with Gasteiger partial charge in [0.25, 0.3) is 0 Å². The predicted octanol–water partition coefficient (Wildman–Crippen LogP) is 4.80. The first-order valence-corrected chi connectivity index (χ1v) is 8.64. The van der Waals surface area contributed by atoms with Gasteiger partial charge in [0.15, 0.2) is 5.11 Å². The molecule has 0 aromatic heterocycles. The minimum atomic E-state index is 0.577. The highest BCUT2D eigenvalue weighted by Gasteiger charge is 2.25. The zero-order valence-corrected chi connectivity index (χ0v) is 14.9. The van der Waals surface area contributed by atoms with Gasteiger partial charge in [-0.25, -0.2) is 0 Å². The van der Waals surface area contributed by atoms with E-state index in [0.29, 0.717) is 5.92 Å². The molecule has 0 spiro atoms. The number of benzene rings is 2. The van der Waals surface area contributed by atoms with Gasteiger partial charge in [-0.2, -0.15) is 0 Å². The maximum absolute atomic E-state index is 5.65. The molecular formula is C20H24N2S. The minimum Gasteiger partial charge on any atom is -0.348 e. The molecule has 0 saturated carbocycles. The van der Waals surface area contributed by atoms with Crippen molar-refractivity contribution in [3.8, 4) is 0 Å². The van der Waals surface area contributed by atoms with E-state index < -0.39 is 0 Å². The number of aryl methyl sites for hydroxylation is 3. The van der Waals surface area contributed by atoms with E-state index in [0.717, 1.165) is 30.3 Å². The third kappa shape index (κ3) is 3.56. The molecule has 2 aromatic rings. The molecule has 0 radical (unpaired) electrons. The zero-order valence-electron chi connectivity index (χ0n) is 14.1. The quantitative estimate of drug-likeness (QED) is 0.799. The second-order valence-corrected chi connectivity index (χ2v) is 6.93. The van der Waals surface area contributed by atoms with Crippen LogP contribution in [0.5, 0.6) is 0 Å². The highest BCUT2D eigenvalue weighted by Crippen LogP contribution is 2.28. The van der Waals surface area contributed by atoms with E-state index in [1.165, 1.54) is 22.3 Å². The second kappa shape index (κ2) is 6.71. The van der Waals surface area contributed by atoms with Gasteiger partial charge in [-0.05, 0) is 56.1 Å². The van der Waals surface area contributed by atoms with Gasteiger partial charge in [0, 0.05) is 24.7 Å². The Morgan fingerprint density at radius 1 is 1.04 bits per heavy atom. The maximum atomic E-state index is 5.65. The fourth-order valence-electron chi connectivity index (χ4n) is 3.25. The SMILES string of the molecule is Cc1ccc([C@@H]2CCN(C(=S)Nc3c(C)cccc3C)C2)cc1. The Labute approximate surface area is 144 Å². The van der Waals surface area contributed by atoms with Gasteiger partial charge >= 0.3 is 0 Å². The number of hydrogen-bond acceptors (Lipinski definition) is 1. The first-order valence-electron chi connectivity index (χ1n) is 8.23. The molecule has 1 atom stereocenters. The molecule has 1 saturated heterocycles. The molecule has 1 aliphatic heterocycles. The maximum Gasteiger partial charge on any atom is 0.173 e. The summed E-state index contributed by atoms with van der Waals surface area (Å²) in [5.41, 5.74) is 6.36. The van der Waals surface area contributed by atoms with Crippen LogP contribution in [-0.4, -0.2) is 23.1 Å². The van der Waals surface area contributed by atoms with Crippen molar-refractivity contribution in [3.63, 3.8) is 0 Å². The molecule has 1 fully saturated rings. The lowest BCUT2D eigenvalue weighted by Crippen LogP contribution is -2.33. The predicted molar refractivity (Wildman–Crippen MR) is 102 cm³/mol. The van der Waals surface area contributed by atoms with Gasteiger partial charge in [-0.15, -0.1) is 0 Å². The summed E-state index contributed by atoms with van der Waals surface area (Å²) in [5.74, 6) is 0.577. The van der Waals surface area contributed by atoms with Crippen LogP contribution in [0.1, 0.15) is 34.6 Å². The van der Waals surface area contributed by atoms with Crippen LogP contribution in [0.15, 0.2) is 42.5 Å². The summed E-state index contributed by atoms with van der Waals surface area (Å²) in [6.07, 6.45) is 1.16. The van der Waals surface area contributed by atoms with Crippen molar-refractivity contribution in [1.82, 2.24) is 4.90 Å². The van der Waals surface area contributed by atoms with Crippen LogP contribution in [0.3, 0.4) is 0 Å². The minimum absolute atomic E-state index is 0.577. The molecule has 0 bridgehead atoms. The lowest BCUT2D eigenvalue weighted by molar-refractivity contribution is 0.518. The van der Waals surface area contributed by atoms with E-state index in [1.54, 1.807) is 0 Å². The smallest absolute Gasteiger partial charge is 0.173 e. The molecule has 120 valence electrons. The summed E-state index contributed by atoms with van der Waals surface area (Å²) in [4.78, 5) is 2.30. The molecule has 1 aliphatic rings. The third-order valence-corrected chi connectivity index (χ3v) is 5.10. The van der Waals surface area contributed by atoms with Gasteiger partial charge in [0.05, 0.1) is 0 Å². The molecule has 1 heterocycles. The van der Waals surface area contributed by atoms with Crippen molar-refractivity contribution in [1.29, 1.82) is 0 Å². The zero-order chi connectivity index (χ0) is 16.4. The number of para-hydroxylation sites is 1. The summed E-state index contributed by atoms with van der Waals surface area (Å²) in [6, 6.07) is 15.2. The Bertz CT molecular complexity index is 686. The van der Waals surface area contributed by atoms with Crippen LogP contribution < -0.4 is 5.32 Å². The molecule has 0 amide bonds. The number of anilines is 1. The van der Waals surface area contributed by atoms with Crippen LogP contribution in [0.2, 0.25) is 0 Å². The lowest BCUT2D eigenvalue weighted by Gasteiger charge is -2.22. The Morgan fingerprint density at radius 2 is 1.70 bits per heavy atom. The highest BCUT2D eigenvalue weighted by molar-refractivity contribution is 7.80. The standard InChI is InChI=1S/C20H24N2S/c1-14-7-9-17(10-8-14)18-11-12-22(13-18)20(23)21-19-15(2)5-4-6-16(19)3/h4-10,18H,11-13H2,1-3H3,(H,21,23)/t18-/m1/s1. The van der Waals surface area contributed by atoms with E-state index in [4.69, 9.17) is 12.2 Å². The molecule has 3 rings (SSSR count). The van der Waals surface area contributed by atoms with Crippen molar-refractivity contribution in [2.24, 2.45) is 0 Å². The van der Waals surface area contributed by atoms with E-state index in [2.05, 4.69) is 73.5 Å². The molecule has 0 unspecified atom stereocenters. The van der Waals surface area contributed by atoms with Gasteiger partial charge < -0.3 is 10.2 Å². The van der Waals surface area contributed by atoms with Crippen molar-refractivity contribution >= 4 is 23.0 Å². The van der Waals surface area contributed by atoms with E-state index in [-0.39, 0.29) is 0 Å². The number of likely N-dealkylation sites (tertiary alicyclic amines) is 1. The van der Waals surface area contributed by atoms with E-state index in [1.807, 2.05) is 0 Å². The van der Waals surface area contributed by atoms with Gasteiger partial charge in [0.2, 0.25) is 0 Å². The van der Waals surface area contributed by atoms with Crippen LogP contribution >= 0.6 is 12.2 Å². The monoisotopic (exact) mass is 324 g/mol. The normalized spacial score (nSPS) is 17.3. The third-order valence-electron chi connectivity index (χ3n) is 4.74. The van der Waals surface area contributed by atoms with Crippen LogP contribution in [0, 0.1) is 20.8 Å². The van der Waals surface area contributed by atoms with Crippen molar-refractivity contribution in [2.45, 2.75) is 33.1 Å². The highest BCUT2D eigenvalue weighted by atomic mass is 32.1. The largest absolute Gasteiger partial charge is 0.348 e. The number of hydrogen-bond donors (Lipinski definition) is 1. The number of nitrogens with one attached hydrogen (secondary N) is 1. The van der Waals surface area contributed by atoms with Crippen LogP contribution in [0.4, 0.5) is 5.69 Å². The fraction of sp³-hybridized carbons (Fsp3) is 0.350. The molecule has 0 aliphatic carbocycles. The summed E-state index contributed by atoms with van der Waals surface area (Å²) in [7, 11) is 0. The summed E-state index contributed by atoms with van der Waals surface area (Å²) >= 11 is 5.65. The Balaban J connectivity index is 1.67.